The number of carbonyl (C=O) groups is 2. The van der Waals surface area contributed by atoms with Gasteiger partial charge in [0.05, 0.1) is 18.8 Å². The molecule has 0 fully saturated rings. The molecule has 0 spiro atoms. The molecule has 0 saturated heterocycles. The van der Waals surface area contributed by atoms with Gasteiger partial charge in [-0.15, -0.1) is 6.42 Å². The SMILES string of the molecule is C#CCNC(=O)COC(=O)c1c(C)nn(Cc2ccc(C)cc2)c1Cl. The van der Waals surface area contributed by atoms with Gasteiger partial charge in [-0.3, -0.25) is 4.79 Å². The van der Waals surface area contributed by atoms with E-state index in [0.717, 1.165) is 11.1 Å². The number of hydrogen-bond donors (Lipinski definition) is 1. The predicted octanol–water partition coefficient (Wildman–Crippen LogP) is 2.11. The third-order valence-corrected chi connectivity index (χ3v) is 3.83. The van der Waals surface area contributed by atoms with Crippen molar-refractivity contribution in [2.45, 2.75) is 20.4 Å². The highest BCUT2D eigenvalue weighted by atomic mass is 35.5. The molecule has 0 aliphatic carbocycles. The average Bonchev–Trinajstić information content (AvgIpc) is 2.86. The maximum atomic E-state index is 12.2. The molecule has 1 aromatic carbocycles. The second-order valence-electron chi connectivity index (χ2n) is 5.45. The van der Waals surface area contributed by atoms with Gasteiger partial charge in [0.15, 0.2) is 6.61 Å². The quantitative estimate of drug-likeness (QED) is 0.633. The van der Waals surface area contributed by atoms with Crippen molar-refractivity contribution >= 4 is 23.5 Å². The van der Waals surface area contributed by atoms with E-state index in [9.17, 15) is 9.59 Å². The molecule has 6 nitrogen and oxygen atoms in total. The fraction of sp³-hybridized carbons (Fsp3) is 0.278. The molecule has 1 amide bonds. The summed E-state index contributed by atoms with van der Waals surface area (Å²) in [6, 6.07) is 7.92. The zero-order valence-electron chi connectivity index (χ0n) is 14.0. The molecule has 0 aliphatic heterocycles. The maximum absolute atomic E-state index is 12.2. The van der Waals surface area contributed by atoms with E-state index in [4.69, 9.17) is 22.8 Å². The number of halogens is 1. The summed E-state index contributed by atoms with van der Waals surface area (Å²) in [6.07, 6.45) is 5.04. The Bertz CT molecular complexity index is 819. The van der Waals surface area contributed by atoms with Crippen LogP contribution in [0.25, 0.3) is 0 Å². The van der Waals surface area contributed by atoms with Crippen LogP contribution in [0.4, 0.5) is 0 Å². The van der Waals surface area contributed by atoms with E-state index < -0.39 is 18.5 Å². The van der Waals surface area contributed by atoms with Crippen molar-refractivity contribution < 1.29 is 14.3 Å². The van der Waals surface area contributed by atoms with Crippen molar-refractivity contribution in [1.29, 1.82) is 0 Å². The van der Waals surface area contributed by atoms with Gasteiger partial charge in [-0.05, 0) is 19.4 Å². The molecule has 0 saturated carbocycles. The Morgan fingerprint density at radius 2 is 2.00 bits per heavy atom. The average molecular weight is 360 g/mol. The van der Waals surface area contributed by atoms with Crippen LogP contribution in [0.15, 0.2) is 24.3 Å². The van der Waals surface area contributed by atoms with E-state index in [-0.39, 0.29) is 17.3 Å². The molecule has 0 aliphatic rings. The standard InChI is InChI=1S/C18H18ClN3O3/c1-4-9-20-15(23)11-25-18(24)16-13(3)21-22(17(16)19)10-14-7-5-12(2)6-8-14/h1,5-8H,9-11H2,2-3H3,(H,20,23). The van der Waals surface area contributed by atoms with Crippen molar-refractivity contribution in [3.63, 3.8) is 0 Å². The Labute approximate surface area is 151 Å². The minimum absolute atomic E-state index is 0.0741. The maximum Gasteiger partial charge on any atom is 0.343 e. The van der Waals surface area contributed by atoms with Crippen LogP contribution >= 0.6 is 11.6 Å². The molecule has 1 N–H and O–H groups in total. The van der Waals surface area contributed by atoms with Gasteiger partial charge in [0.1, 0.15) is 10.7 Å². The summed E-state index contributed by atoms with van der Waals surface area (Å²) in [6.45, 7) is 3.73. The van der Waals surface area contributed by atoms with Gasteiger partial charge < -0.3 is 10.1 Å². The van der Waals surface area contributed by atoms with E-state index in [2.05, 4.69) is 16.3 Å². The Morgan fingerprint density at radius 3 is 2.64 bits per heavy atom. The van der Waals surface area contributed by atoms with Crippen LogP contribution < -0.4 is 5.32 Å². The lowest BCUT2D eigenvalue weighted by Gasteiger charge is -2.06. The predicted molar refractivity (Wildman–Crippen MR) is 94.4 cm³/mol. The Morgan fingerprint density at radius 1 is 1.32 bits per heavy atom. The van der Waals surface area contributed by atoms with Crippen LogP contribution in [0.5, 0.6) is 0 Å². The number of ether oxygens (including phenoxy) is 1. The summed E-state index contributed by atoms with van der Waals surface area (Å²) in [7, 11) is 0. The highest BCUT2D eigenvalue weighted by Gasteiger charge is 2.22. The number of hydrogen-bond acceptors (Lipinski definition) is 4. The van der Waals surface area contributed by atoms with Gasteiger partial charge in [-0.2, -0.15) is 5.10 Å². The highest BCUT2D eigenvalue weighted by Crippen LogP contribution is 2.22. The van der Waals surface area contributed by atoms with Crippen molar-refractivity contribution in [3.8, 4) is 12.3 Å². The van der Waals surface area contributed by atoms with Gasteiger partial charge >= 0.3 is 5.97 Å². The van der Waals surface area contributed by atoms with Crippen molar-refractivity contribution in [3.05, 3.63) is 51.8 Å². The molecule has 1 heterocycles. The second-order valence-corrected chi connectivity index (χ2v) is 5.81. The van der Waals surface area contributed by atoms with Crippen LogP contribution in [0, 0.1) is 26.2 Å². The third-order valence-electron chi connectivity index (χ3n) is 3.44. The fourth-order valence-electron chi connectivity index (χ4n) is 2.16. The molecule has 0 atom stereocenters. The van der Waals surface area contributed by atoms with Crippen LogP contribution in [0.3, 0.4) is 0 Å². The molecule has 130 valence electrons. The smallest absolute Gasteiger partial charge is 0.343 e. The van der Waals surface area contributed by atoms with Crippen molar-refractivity contribution in [2.24, 2.45) is 0 Å². The number of nitrogens with zero attached hydrogens (tertiary/aromatic N) is 2. The lowest BCUT2D eigenvalue weighted by atomic mass is 10.1. The first-order valence-electron chi connectivity index (χ1n) is 7.58. The van der Waals surface area contributed by atoms with E-state index in [1.54, 1.807) is 6.92 Å². The largest absolute Gasteiger partial charge is 0.452 e. The second kappa shape index (κ2) is 8.36. The summed E-state index contributed by atoms with van der Waals surface area (Å²) in [5, 5.41) is 6.86. The number of nitrogens with one attached hydrogen (secondary N) is 1. The van der Waals surface area contributed by atoms with Crippen LogP contribution in [-0.4, -0.2) is 34.8 Å². The van der Waals surface area contributed by atoms with E-state index in [1.807, 2.05) is 31.2 Å². The van der Waals surface area contributed by atoms with Gasteiger partial charge in [0.2, 0.25) is 0 Å². The van der Waals surface area contributed by atoms with Gasteiger partial charge in [0.25, 0.3) is 5.91 Å². The number of aryl methyl sites for hydroxylation is 2. The van der Waals surface area contributed by atoms with E-state index in [0.29, 0.717) is 12.2 Å². The number of terminal acetylenes is 1. The van der Waals surface area contributed by atoms with E-state index >= 15 is 0 Å². The first kappa shape index (κ1) is 18.6. The van der Waals surface area contributed by atoms with Crippen LogP contribution in [-0.2, 0) is 16.1 Å². The number of benzene rings is 1. The van der Waals surface area contributed by atoms with Crippen LogP contribution in [0.1, 0.15) is 27.2 Å². The molecule has 7 heteroatoms. The molecule has 2 rings (SSSR count). The number of carbonyl (C=O) groups excluding carboxylic acids is 2. The monoisotopic (exact) mass is 359 g/mol. The van der Waals surface area contributed by atoms with Gasteiger partial charge in [-0.1, -0.05) is 47.4 Å². The summed E-state index contributed by atoms with van der Waals surface area (Å²) < 4.78 is 6.49. The first-order chi connectivity index (χ1) is 11.9. The number of amides is 1. The molecule has 0 bridgehead atoms. The summed E-state index contributed by atoms with van der Waals surface area (Å²) in [4.78, 5) is 23.6. The summed E-state index contributed by atoms with van der Waals surface area (Å²) in [5.74, 6) is 1.08. The summed E-state index contributed by atoms with van der Waals surface area (Å²) >= 11 is 6.28. The fourth-order valence-corrected chi connectivity index (χ4v) is 2.47. The Hall–Kier alpha value is -2.78. The lowest BCUT2D eigenvalue weighted by molar-refractivity contribution is -0.123. The Kier molecular flexibility index (Phi) is 6.20. The normalized spacial score (nSPS) is 10.2. The molecule has 25 heavy (non-hydrogen) atoms. The minimum atomic E-state index is -0.700. The van der Waals surface area contributed by atoms with Gasteiger partial charge in [0, 0.05) is 0 Å². The van der Waals surface area contributed by atoms with E-state index in [1.165, 1.54) is 4.68 Å². The first-order valence-corrected chi connectivity index (χ1v) is 7.96. The topological polar surface area (TPSA) is 73.2 Å². The molecular weight excluding hydrogens is 342 g/mol. The van der Waals surface area contributed by atoms with Crippen molar-refractivity contribution in [1.82, 2.24) is 15.1 Å². The zero-order chi connectivity index (χ0) is 18.4. The minimum Gasteiger partial charge on any atom is -0.452 e. The summed E-state index contributed by atoms with van der Waals surface area (Å²) in [5.41, 5.74) is 2.74. The zero-order valence-corrected chi connectivity index (χ0v) is 14.8. The molecule has 1 aromatic heterocycles. The Balaban J connectivity index is 2.07. The number of aromatic nitrogens is 2. The van der Waals surface area contributed by atoms with Crippen LogP contribution in [0.2, 0.25) is 5.15 Å². The number of esters is 1. The highest BCUT2D eigenvalue weighted by molar-refractivity contribution is 6.32. The molecule has 0 radical (unpaired) electrons. The van der Waals surface area contributed by atoms with Gasteiger partial charge in [-0.25, -0.2) is 9.48 Å². The molecule has 2 aromatic rings. The lowest BCUT2D eigenvalue weighted by Crippen LogP contribution is -2.29. The third kappa shape index (κ3) is 4.85. The molecule has 0 unspecified atom stereocenters. The number of rotatable bonds is 6. The molecular formula is C18H18ClN3O3. The van der Waals surface area contributed by atoms with Crippen molar-refractivity contribution in [2.75, 3.05) is 13.2 Å².